The average molecular weight is 262 g/mol. The van der Waals surface area contributed by atoms with Gasteiger partial charge in [-0.3, -0.25) is 4.90 Å². The van der Waals surface area contributed by atoms with Gasteiger partial charge in [-0.05, 0) is 31.0 Å². The van der Waals surface area contributed by atoms with Gasteiger partial charge in [-0.1, -0.05) is 25.5 Å². The van der Waals surface area contributed by atoms with Gasteiger partial charge in [0.15, 0.2) is 0 Å². The summed E-state index contributed by atoms with van der Waals surface area (Å²) >= 11 is 0. The van der Waals surface area contributed by atoms with E-state index in [4.69, 9.17) is 4.74 Å². The molecule has 0 bridgehead atoms. The van der Waals surface area contributed by atoms with Crippen LogP contribution >= 0.6 is 0 Å². The van der Waals surface area contributed by atoms with Gasteiger partial charge in [-0.25, -0.2) is 0 Å². The minimum Gasteiger partial charge on any atom is -0.494 e. The zero-order chi connectivity index (χ0) is 13.5. The van der Waals surface area contributed by atoms with Crippen molar-refractivity contribution in [3.05, 3.63) is 29.8 Å². The molecule has 2 rings (SSSR count). The number of rotatable bonds is 6. The summed E-state index contributed by atoms with van der Waals surface area (Å²) in [6, 6.07) is 9.16. The van der Waals surface area contributed by atoms with Crippen LogP contribution in [0.15, 0.2) is 24.3 Å². The molecule has 1 fully saturated rings. The Bertz CT molecular complexity index is 375. The molecule has 106 valence electrons. The number of nitrogens with zero attached hydrogens (tertiary/aromatic N) is 1. The van der Waals surface area contributed by atoms with Gasteiger partial charge in [0, 0.05) is 32.2 Å². The van der Waals surface area contributed by atoms with Crippen molar-refractivity contribution in [2.24, 2.45) is 0 Å². The van der Waals surface area contributed by atoms with Crippen LogP contribution in [0.2, 0.25) is 0 Å². The Kier molecular flexibility index (Phi) is 5.67. The first kappa shape index (κ1) is 14.4. The van der Waals surface area contributed by atoms with Crippen molar-refractivity contribution in [2.45, 2.75) is 32.7 Å². The van der Waals surface area contributed by atoms with Gasteiger partial charge >= 0.3 is 0 Å². The van der Waals surface area contributed by atoms with Crippen molar-refractivity contribution in [3.8, 4) is 5.75 Å². The molecule has 1 heterocycles. The molecule has 19 heavy (non-hydrogen) atoms. The molecule has 0 spiro atoms. The first-order valence-electron chi connectivity index (χ1n) is 7.52. The van der Waals surface area contributed by atoms with Crippen molar-refractivity contribution < 1.29 is 4.74 Å². The van der Waals surface area contributed by atoms with Gasteiger partial charge in [0.1, 0.15) is 5.75 Å². The summed E-state index contributed by atoms with van der Waals surface area (Å²) < 4.78 is 5.63. The molecule has 1 N–H and O–H groups in total. The number of hydrogen-bond donors (Lipinski definition) is 1. The molecule has 0 saturated carbocycles. The largest absolute Gasteiger partial charge is 0.494 e. The number of benzene rings is 1. The van der Waals surface area contributed by atoms with E-state index in [0.29, 0.717) is 6.04 Å². The molecule has 3 nitrogen and oxygen atoms in total. The van der Waals surface area contributed by atoms with E-state index in [2.05, 4.69) is 35.3 Å². The molecule has 1 aliphatic rings. The molecule has 1 aromatic rings. The second-order valence-electron chi connectivity index (χ2n) is 5.10. The first-order chi connectivity index (χ1) is 9.35. The Balaban J connectivity index is 2.14. The van der Waals surface area contributed by atoms with E-state index < -0.39 is 0 Å². The standard InChI is InChI=1S/C16H26N2O/c1-3-6-16(18-11-9-17-10-12-18)14-7-5-8-15(13-14)19-4-2/h5,7-8,13,16-17H,3-4,6,9-12H2,1-2H3/t16-/m0/s1. The molecule has 0 unspecified atom stereocenters. The Morgan fingerprint density at radius 3 is 2.74 bits per heavy atom. The third kappa shape index (κ3) is 3.95. The van der Waals surface area contributed by atoms with Crippen molar-refractivity contribution in [3.63, 3.8) is 0 Å². The van der Waals surface area contributed by atoms with E-state index in [1.54, 1.807) is 0 Å². The van der Waals surface area contributed by atoms with E-state index in [1.807, 2.05) is 13.0 Å². The lowest BCUT2D eigenvalue weighted by Crippen LogP contribution is -2.45. The van der Waals surface area contributed by atoms with E-state index in [9.17, 15) is 0 Å². The summed E-state index contributed by atoms with van der Waals surface area (Å²) in [6.07, 6.45) is 2.43. The van der Waals surface area contributed by atoms with Crippen LogP contribution in [-0.4, -0.2) is 37.7 Å². The van der Waals surface area contributed by atoms with Crippen LogP contribution in [0.4, 0.5) is 0 Å². The van der Waals surface area contributed by atoms with Crippen molar-refractivity contribution in [2.75, 3.05) is 32.8 Å². The number of ether oxygens (including phenoxy) is 1. The molecule has 1 saturated heterocycles. The van der Waals surface area contributed by atoms with Crippen LogP contribution in [0, 0.1) is 0 Å². The summed E-state index contributed by atoms with van der Waals surface area (Å²) in [5.74, 6) is 0.997. The molecule has 3 heteroatoms. The fourth-order valence-corrected chi connectivity index (χ4v) is 2.81. The second kappa shape index (κ2) is 7.51. The maximum atomic E-state index is 5.63. The molecule has 0 aliphatic carbocycles. The van der Waals surface area contributed by atoms with E-state index >= 15 is 0 Å². The average Bonchev–Trinajstić information content (AvgIpc) is 2.46. The first-order valence-corrected chi connectivity index (χ1v) is 7.52. The topological polar surface area (TPSA) is 24.5 Å². The summed E-state index contributed by atoms with van der Waals surface area (Å²) in [4.78, 5) is 2.60. The molecule has 0 amide bonds. The fourth-order valence-electron chi connectivity index (χ4n) is 2.81. The van der Waals surface area contributed by atoms with Crippen molar-refractivity contribution in [1.29, 1.82) is 0 Å². The summed E-state index contributed by atoms with van der Waals surface area (Å²) in [6.45, 7) is 9.52. The highest BCUT2D eigenvalue weighted by atomic mass is 16.5. The maximum Gasteiger partial charge on any atom is 0.119 e. The van der Waals surface area contributed by atoms with E-state index in [1.165, 1.54) is 18.4 Å². The maximum absolute atomic E-state index is 5.63. The number of nitrogens with one attached hydrogen (secondary N) is 1. The number of hydrogen-bond acceptors (Lipinski definition) is 3. The van der Waals surface area contributed by atoms with Crippen LogP contribution in [-0.2, 0) is 0 Å². The Morgan fingerprint density at radius 2 is 2.05 bits per heavy atom. The van der Waals surface area contributed by atoms with Gasteiger partial charge in [-0.15, -0.1) is 0 Å². The lowest BCUT2D eigenvalue weighted by Gasteiger charge is -2.35. The van der Waals surface area contributed by atoms with Crippen molar-refractivity contribution >= 4 is 0 Å². The van der Waals surface area contributed by atoms with Gasteiger partial charge in [0.2, 0.25) is 0 Å². The third-order valence-electron chi connectivity index (χ3n) is 3.71. The lowest BCUT2D eigenvalue weighted by molar-refractivity contribution is 0.164. The van der Waals surface area contributed by atoms with Crippen LogP contribution in [0.3, 0.4) is 0 Å². The second-order valence-corrected chi connectivity index (χ2v) is 5.10. The fraction of sp³-hybridized carbons (Fsp3) is 0.625. The van der Waals surface area contributed by atoms with Gasteiger partial charge in [-0.2, -0.15) is 0 Å². The summed E-state index contributed by atoms with van der Waals surface area (Å²) in [7, 11) is 0. The normalized spacial score (nSPS) is 18.2. The molecule has 0 aromatic heterocycles. The van der Waals surface area contributed by atoms with Crippen LogP contribution < -0.4 is 10.1 Å². The highest BCUT2D eigenvalue weighted by Crippen LogP contribution is 2.28. The molecule has 1 aromatic carbocycles. The number of piperazine rings is 1. The van der Waals surface area contributed by atoms with Crippen LogP contribution in [0.25, 0.3) is 0 Å². The van der Waals surface area contributed by atoms with Crippen LogP contribution in [0.1, 0.15) is 38.3 Å². The Morgan fingerprint density at radius 1 is 1.26 bits per heavy atom. The summed E-state index contributed by atoms with van der Waals surface area (Å²) in [5.41, 5.74) is 1.40. The molecular weight excluding hydrogens is 236 g/mol. The summed E-state index contributed by atoms with van der Waals surface area (Å²) in [5, 5.41) is 3.43. The van der Waals surface area contributed by atoms with Gasteiger partial charge in [0.05, 0.1) is 6.61 Å². The lowest BCUT2D eigenvalue weighted by atomic mass is 9.99. The van der Waals surface area contributed by atoms with Gasteiger partial charge in [0.25, 0.3) is 0 Å². The monoisotopic (exact) mass is 262 g/mol. The zero-order valence-electron chi connectivity index (χ0n) is 12.2. The molecule has 1 aliphatic heterocycles. The third-order valence-corrected chi connectivity index (χ3v) is 3.71. The zero-order valence-corrected chi connectivity index (χ0v) is 12.2. The predicted molar refractivity (Wildman–Crippen MR) is 79.7 cm³/mol. The molecular formula is C16H26N2O. The van der Waals surface area contributed by atoms with Crippen LogP contribution in [0.5, 0.6) is 5.75 Å². The predicted octanol–water partition coefficient (Wildman–Crippen LogP) is 2.83. The highest BCUT2D eigenvalue weighted by molar-refractivity contribution is 5.30. The SMILES string of the molecule is CCC[C@@H](c1cccc(OCC)c1)N1CCNCC1. The highest BCUT2D eigenvalue weighted by Gasteiger charge is 2.21. The minimum atomic E-state index is 0.535. The minimum absolute atomic E-state index is 0.535. The quantitative estimate of drug-likeness (QED) is 0.853. The van der Waals surface area contributed by atoms with E-state index in [-0.39, 0.29) is 0 Å². The molecule has 0 radical (unpaired) electrons. The van der Waals surface area contributed by atoms with Gasteiger partial charge < -0.3 is 10.1 Å². The molecule has 1 atom stereocenters. The Hall–Kier alpha value is -1.06. The smallest absolute Gasteiger partial charge is 0.119 e. The van der Waals surface area contributed by atoms with E-state index in [0.717, 1.165) is 38.5 Å². The van der Waals surface area contributed by atoms with Crippen molar-refractivity contribution in [1.82, 2.24) is 10.2 Å². The Labute approximate surface area is 116 Å².